The van der Waals surface area contributed by atoms with E-state index in [-0.39, 0.29) is 0 Å². The summed E-state index contributed by atoms with van der Waals surface area (Å²) in [7, 11) is -1.53. The van der Waals surface area contributed by atoms with Gasteiger partial charge >= 0.3 is 6.18 Å². The van der Waals surface area contributed by atoms with Gasteiger partial charge in [-0.1, -0.05) is 54.6 Å². The molecule has 0 aliphatic heterocycles. The highest BCUT2D eigenvalue weighted by molar-refractivity contribution is 7.95. The Hall–Kier alpha value is -2.65. The van der Waals surface area contributed by atoms with Crippen LogP contribution in [0.5, 0.6) is 0 Å². The smallest absolute Gasteiger partial charge is 0.430 e. The number of carboxylic acid groups (broad SMARTS) is 1. The Morgan fingerprint density at radius 3 is 1.11 bits per heavy atom. The van der Waals surface area contributed by atoms with E-state index >= 15 is 0 Å². The number of carbonyl (C=O) groups is 1. The van der Waals surface area contributed by atoms with E-state index in [0.717, 1.165) is 0 Å². The summed E-state index contributed by atoms with van der Waals surface area (Å²) in [5, 5.41) is 13.1. The molecular formula is C21H18F3O2P. The molecule has 0 spiro atoms. The van der Waals surface area contributed by atoms with Crippen LogP contribution in [-0.4, -0.2) is 18.8 Å². The van der Waals surface area contributed by atoms with E-state index in [4.69, 9.17) is 9.90 Å². The van der Waals surface area contributed by atoms with Crippen molar-refractivity contribution >= 4 is 29.1 Å². The Morgan fingerprint density at radius 2 is 0.926 bits per heavy atom. The normalized spacial score (nSPS) is 11.3. The summed E-state index contributed by atoms with van der Waals surface area (Å²) in [5.41, 5.74) is 0. The topological polar surface area (TPSA) is 40.1 Å². The number of carboxylic acids is 1. The lowest BCUT2D eigenvalue weighted by molar-refractivity contribution is -0.344. The van der Waals surface area contributed by atoms with Crippen LogP contribution in [0.25, 0.3) is 0 Å². The second-order valence-corrected chi connectivity index (χ2v) is 9.36. The van der Waals surface area contributed by atoms with Crippen molar-refractivity contribution < 1.29 is 23.1 Å². The third-order valence-electron chi connectivity index (χ3n) is 4.05. The molecule has 0 amide bonds. The number of hydrogen-bond acceptors (Lipinski definition) is 2. The average Bonchev–Trinajstić information content (AvgIpc) is 2.69. The van der Waals surface area contributed by atoms with Gasteiger partial charge in [0.1, 0.15) is 29.1 Å². The van der Waals surface area contributed by atoms with Gasteiger partial charge in [-0.05, 0) is 36.4 Å². The molecule has 2 nitrogen and oxygen atoms in total. The molecule has 0 aliphatic rings. The largest absolute Gasteiger partial charge is 0.542 e. The van der Waals surface area contributed by atoms with E-state index in [2.05, 4.69) is 97.7 Å². The van der Waals surface area contributed by atoms with Crippen molar-refractivity contribution in [1.82, 2.24) is 0 Å². The zero-order valence-corrected chi connectivity index (χ0v) is 15.5. The van der Waals surface area contributed by atoms with Gasteiger partial charge in [-0.3, -0.25) is 0 Å². The molecule has 0 saturated heterocycles. The summed E-state index contributed by atoms with van der Waals surface area (Å²) < 4.78 is 31.5. The maximum absolute atomic E-state index is 10.5. The van der Waals surface area contributed by atoms with Crippen molar-refractivity contribution in [2.45, 2.75) is 6.18 Å². The van der Waals surface area contributed by atoms with Gasteiger partial charge in [0.05, 0.1) is 6.66 Å². The summed E-state index contributed by atoms with van der Waals surface area (Å²) in [6.45, 7) is 2.41. The summed E-state index contributed by atoms with van der Waals surface area (Å²) in [6.07, 6.45) is -5.19. The number of alkyl halides is 3. The van der Waals surface area contributed by atoms with Gasteiger partial charge in [0.15, 0.2) is 0 Å². The van der Waals surface area contributed by atoms with Gasteiger partial charge in [0.25, 0.3) is 0 Å². The minimum Gasteiger partial charge on any atom is -0.542 e. The van der Waals surface area contributed by atoms with E-state index in [1.807, 2.05) is 0 Å². The van der Waals surface area contributed by atoms with Gasteiger partial charge < -0.3 is 9.90 Å². The fourth-order valence-electron chi connectivity index (χ4n) is 2.63. The molecule has 140 valence electrons. The highest BCUT2D eigenvalue weighted by Crippen LogP contribution is 2.51. The minimum atomic E-state index is -5.19. The Bertz CT molecular complexity index is 754. The zero-order chi connectivity index (χ0) is 19.9. The summed E-state index contributed by atoms with van der Waals surface area (Å²) >= 11 is 0. The molecular weight excluding hydrogens is 372 g/mol. The van der Waals surface area contributed by atoms with Gasteiger partial charge in [-0.15, -0.1) is 0 Å². The third-order valence-corrected chi connectivity index (χ3v) is 8.04. The molecule has 3 aromatic rings. The summed E-state index contributed by atoms with van der Waals surface area (Å²) in [4.78, 5) is 8.78. The van der Waals surface area contributed by atoms with E-state index in [1.54, 1.807) is 0 Å². The van der Waals surface area contributed by atoms with Crippen LogP contribution in [0, 0.1) is 0 Å². The maximum Gasteiger partial charge on any atom is 0.430 e. The lowest BCUT2D eigenvalue weighted by atomic mass is 10.4. The molecule has 3 aromatic carbocycles. The van der Waals surface area contributed by atoms with Crippen LogP contribution in [0.3, 0.4) is 0 Å². The standard InChI is InChI=1S/C19H18P.C2HF3O2/c1-20(17-11-5-2-6-12-17,18-13-7-3-8-14-18)19-15-9-4-10-16-19;3-2(4,5)1(6)7/h2-16H,1H3;(H,6,7)/q+1;/p-1. The fraction of sp³-hybridized carbons (Fsp3) is 0.0952. The van der Waals surface area contributed by atoms with E-state index in [0.29, 0.717) is 0 Å². The molecule has 0 N–H and O–H groups in total. The van der Waals surface area contributed by atoms with Crippen LogP contribution in [0.15, 0.2) is 91.0 Å². The third kappa shape index (κ3) is 5.18. The van der Waals surface area contributed by atoms with Crippen LogP contribution in [0.1, 0.15) is 0 Å². The molecule has 0 heterocycles. The van der Waals surface area contributed by atoms with Crippen molar-refractivity contribution in [2.75, 3.05) is 6.66 Å². The number of benzene rings is 3. The monoisotopic (exact) mass is 390 g/mol. The lowest BCUT2D eigenvalue weighted by Gasteiger charge is -2.22. The molecule has 27 heavy (non-hydrogen) atoms. The second-order valence-electron chi connectivity index (χ2n) is 5.80. The van der Waals surface area contributed by atoms with Crippen LogP contribution in [-0.2, 0) is 4.79 Å². The molecule has 6 heteroatoms. The Morgan fingerprint density at radius 1 is 0.704 bits per heavy atom. The summed E-state index contributed by atoms with van der Waals surface area (Å²) in [5.74, 6) is -3.01. The Balaban J connectivity index is 0.000000321. The molecule has 0 atom stereocenters. The molecule has 0 aliphatic carbocycles. The number of rotatable bonds is 3. The predicted molar refractivity (Wildman–Crippen MR) is 102 cm³/mol. The minimum absolute atomic E-state index is 1.43. The first-order valence-corrected chi connectivity index (χ1v) is 10.3. The first kappa shape index (κ1) is 20.7. The number of halogens is 3. The Kier molecular flexibility index (Phi) is 6.75. The van der Waals surface area contributed by atoms with Crippen LogP contribution in [0.2, 0.25) is 0 Å². The van der Waals surface area contributed by atoms with Gasteiger partial charge in [-0.2, -0.15) is 13.2 Å². The van der Waals surface area contributed by atoms with Crippen LogP contribution >= 0.6 is 7.26 Å². The van der Waals surface area contributed by atoms with Crippen LogP contribution in [0.4, 0.5) is 13.2 Å². The quantitative estimate of drug-likeness (QED) is 0.646. The van der Waals surface area contributed by atoms with Crippen molar-refractivity contribution in [1.29, 1.82) is 0 Å². The van der Waals surface area contributed by atoms with Crippen molar-refractivity contribution in [2.24, 2.45) is 0 Å². The van der Waals surface area contributed by atoms with E-state index in [1.165, 1.54) is 15.9 Å². The van der Waals surface area contributed by atoms with E-state index < -0.39 is 19.4 Å². The SMILES string of the molecule is C[P+](c1ccccc1)(c1ccccc1)c1ccccc1.O=C([O-])C(F)(F)F. The number of aliphatic carboxylic acids is 1. The first-order valence-electron chi connectivity index (χ1n) is 8.08. The lowest BCUT2D eigenvalue weighted by Crippen LogP contribution is -2.37. The molecule has 0 saturated carbocycles. The van der Waals surface area contributed by atoms with Crippen molar-refractivity contribution in [3.63, 3.8) is 0 Å². The average molecular weight is 390 g/mol. The maximum atomic E-state index is 10.5. The van der Waals surface area contributed by atoms with Crippen molar-refractivity contribution in [3.8, 4) is 0 Å². The van der Waals surface area contributed by atoms with Crippen LogP contribution < -0.4 is 21.0 Å². The molecule has 0 bridgehead atoms. The first-order chi connectivity index (χ1) is 12.8. The number of carbonyl (C=O) groups excluding carboxylic acids is 1. The predicted octanol–water partition coefficient (Wildman–Crippen LogP) is 2.91. The van der Waals surface area contributed by atoms with Crippen molar-refractivity contribution in [3.05, 3.63) is 91.0 Å². The molecule has 0 fully saturated rings. The summed E-state index contributed by atoms with van der Waals surface area (Å²) in [6, 6.07) is 32.6. The Labute approximate surface area is 156 Å². The van der Waals surface area contributed by atoms with Gasteiger partial charge in [-0.25, -0.2) is 0 Å². The molecule has 0 unspecified atom stereocenters. The van der Waals surface area contributed by atoms with E-state index in [9.17, 15) is 13.2 Å². The van der Waals surface area contributed by atoms with Gasteiger partial charge in [0, 0.05) is 0 Å². The second kappa shape index (κ2) is 8.83. The van der Waals surface area contributed by atoms with Gasteiger partial charge in [0.2, 0.25) is 0 Å². The molecule has 3 rings (SSSR count). The highest BCUT2D eigenvalue weighted by Gasteiger charge is 2.39. The zero-order valence-electron chi connectivity index (χ0n) is 14.6. The highest BCUT2D eigenvalue weighted by atomic mass is 31.2. The molecule has 0 radical (unpaired) electrons. The molecule has 0 aromatic heterocycles. The fourth-order valence-corrected chi connectivity index (χ4v) is 5.83. The number of hydrogen-bond donors (Lipinski definition) is 0.